The molecule has 158 valence electrons. The van der Waals surface area contributed by atoms with E-state index in [1.54, 1.807) is 6.07 Å². The molecule has 0 aromatic heterocycles. The van der Waals surface area contributed by atoms with Gasteiger partial charge >= 0.3 is 0 Å². The molecule has 0 amide bonds. The van der Waals surface area contributed by atoms with Gasteiger partial charge in [-0.15, -0.1) is 0 Å². The topological polar surface area (TPSA) is 9.23 Å². The van der Waals surface area contributed by atoms with Crippen LogP contribution in [0.4, 0.5) is 4.39 Å². The van der Waals surface area contributed by atoms with Crippen LogP contribution in [0.15, 0.2) is 42.5 Å². The number of benzene rings is 2. The summed E-state index contributed by atoms with van der Waals surface area (Å²) in [6.45, 7) is 5.16. The summed E-state index contributed by atoms with van der Waals surface area (Å²) in [5.74, 6) is 1.98. The van der Waals surface area contributed by atoms with Gasteiger partial charge in [0, 0.05) is 11.6 Å². The Kier molecular flexibility index (Phi) is 8.58. The van der Waals surface area contributed by atoms with Crippen LogP contribution in [0.3, 0.4) is 0 Å². The van der Waals surface area contributed by atoms with Gasteiger partial charge in [0.1, 0.15) is 11.6 Å². The largest absolute Gasteiger partial charge is 0.493 e. The van der Waals surface area contributed by atoms with E-state index in [2.05, 4.69) is 26.0 Å². The van der Waals surface area contributed by atoms with Crippen LogP contribution < -0.4 is 4.74 Å². The number of ether oxygens (including phenoxy) is 1. The van der Waals surface area contributed by atoms with Gasteiger partial charge in [-0.05, 0) is 54.4 Å². The second kappa shape index (κ2) is 11.4. The van der Waals surface area contributed by atoms with Crippen LogP contribution in [0.2, 0.25) is 0 Å². The van der Waals surface area contributed by atoms with E-state index in [9.17, 15) is 4.39 Å². The Morgan fingerprint density at radius 3 is 2.24 bits per heavy atom. The van der Waals surface area contributed by atoms with Gasteiger partial charge in [-0.2, -0.15) is 0 Å². The van der Waals surface area contributed by atoms with Gasteiger partial charge in [-0.3, -0.25) is 0 Å². The molecule has 0 spiro atoms. The first-order valence-corrected chi connectivity index (χ1v) is 11.7. The van der Waals surface area contributed by atoms with Gasteiger partial charge in [-0.1, -0.05) is 83.1 Å². The molecule has 0 bridgehead atoms. The second-order valence-electron chi connectivity index (χ2n) is 8.78. The van der Waals surface area contributed by atoms with Crippen molar-refractivity contribution in [1.82, 2.24) is 0 Å². The van der Waals surface area contributed by atoms with E-state index in [0.29, 0.717) is 23.8 Å². The average Bonchev–Trinajstić information content (AvgIpc) is 2.74. The number of hydrogen-bond donors (Lipinski definition) is 0. The minimum absolute atomic E-state index is 0.203. The molecular formula is C27H37FO. The molecule has 0 atom stereocenters. The molecule has 1 nitrogen and oxygen atoms in total. The summed E-state index contributed by atoms with van der Waals surface area (Å²) in [7, 11) is 0. The molecule has 0 N–H and O–H groups in total. The zero-order valence-electron chi connectivity index (χ0n) is 18.3. The van der Waals surface area contributed by atoms with Crippen LogP contribution in [0, 0.1) is 17.7 Å². The Balaban J connectivity index is 1.48. The molecular weight excluding hydrogens is 359 g/mol. The van der Waals surface area contributed by atoms with Crippen molar-refractivity contribution in [3.05, 3.63) is 53.8 Å². The summed E-state index contributed by atoms with van der Waals surface area (Å²) in [6, 6.07) is 13.5. The molecule has 1 aliphatic rings. The highest BCUT2D eigenvalue weighted by atomic mass is 19.1. The third kappa shape index (κ3) is 6.59. The van der Waals surface area contributed by atoms with E-state index < -0.39 is 0 Å². The van der Waals surface area contributed by atoms with Gasteiger partial charge in [0.2, 0.25) is 0 Å². The van der Waals surface area contributed by atoms with Crippen molar-refractivity contribution >= 4 is 0 Å². The zero-order valence-corrected chi connectivity index (χ0v) is 18.3. The van der Waals surface area contributed by atoms with Gasteiger partial charge in [0.25, 0.3) is 0 Å². The first-order valence-electron chi connectivity index (χ1n) is 11.7. The summed E-state index contributed by atoms with van der Waals surface area (Å²) in [5.41, 5.74) is 2.87. The Morgan fingerprint density at radius 2 is 1.59 bits per heavy atom. The molecule has 1 saturated carbocycles. The molecule has 1 fully saturated rings. The Labute approximate surface area is 176 Å². The molecule has 0 heterocycles. The lowest BCUT2D eigenvalue weighted by molar-refractivity contribution is 0.177. The number of halogens is 1. The van der Waals surface area contributed by atoms with Crippen molar-refractivity contribution in [2.75, 3.05) is 6.61 Å². The first kappa shape index (κ1) is 21.9. The summed E-state index contributed by atoms with van der Waals surface area (Å²) < 4.78 is 20.6. The molecule has 1 aliphatic carbocycles. The molecule has 0 unspecified atom stereocenters. The van der Waals surface area contributed by atoms with Crippen molar-refractivity contribution in [2.24, 2.45) is 11.8 Å². The van der Waals surface area contributed by atoms with Gasteiger partial charge in [0.05, 0.1) is 6.61 Å². The predicted molar refractivity (Wildman–Crippen MR) is 121 cm³/mol. The van der Waals surface area contributed by atoms with Crippen molar-refractivity contribution in [1.29, 1.82) is 0 Å². The van der Waals surface area contributed by atoms with E-state index in [-0.39, 0.29) is 5.82 Å². The lowest BCUT2D eigenvalue weighted by atomic mass is 9.80. The third-order valence-corrected chi connectivity index (χ3v) is 6.41. The average molecular weight is 397 g/mol. The number of aryl methyl sites for hydroxylation is 1. The highest BCUT2D eigenvalue weighted by Crippen LogP contribution is 2.33. The molecule has 0 aliphatic heterocycles. The van der Waals surface area contributed by atoms with Crippen LogP contribution in [0.1, 0.15) is 77.2 Å². The third-order valence-electron chi connectivity index (χ3n) is 6.41. The molecule has 0 saturated heterocycles. The van der Waals surface area contributed by atoms with Crippen LogP contribution >= 0.6 is 0 Å². The maximum absolute atomic E-state index is 14.7. The summed E-state index contributed by atoms with van der Waals surface area (Å²) >= 11 is 0. The number of unbranched alkanes of at least 4 members (excludes halogenated alkanes) is 2. The minimum Gasteiger partial charge on any atom is -0.493 e. The first-order chi connectivity index (χ1) is 14.2. The highest BCUT2D eigenvalue weighted by Gasteiger charge is 2.21. The maximum Gasteiger partial charge on any atom is 0.134 e. The summed E-state index contributed by atoms with van der Waals surface area (Å²) in [5, 5.41) is 0. The van der Waals surface area contributed by atoms with Crippen molar-refractivity contribution in [3.8, 4) is 16.9 Å². The number of rotatable bonds is 10. The smallest absolute Gasteiger partial charge is 0.134 e. The minimum atomic E-state index is -0.203. The van der Waals surface area contributed by atoms with Crippen molar-refractivity contribution in [2.45, 2.75) is 78.1 Å². The van der Waals surface area contributed by atoms with Gasteiger partial charge in [0.15, 0.2) is 0 Å². The van der Waals surface area contributed by atoms with E-state index >= 15 is 0 Å². The van der Waals surface area contributed by atoms with Crippen molar-refractivity contribution < 1.29 is 9.13 Å². The van der Waals surface area contributed by atoms with Crippen molar-refractivity contribution in [3.63, 3.8) is 0 Å². The van der Waals surface area contributed by atoms with Crippen LogP contribution in [-0.2, 0) is 6.42 Å². The second-order valence-corrected chi connectivity index (χ2v) is 8.78. The SMILES string of the molecule is CCCCCC1CCC(COc2ccc(-c3ccc(CCC)cc3)c(F)c2)CC1. The standard InChI is InChI=1S/C27H37FO/c1-3-5-6-8-22-9-11-23(12-10-22)20-29-25-17-18-26(27(28)19-25)24-15-13-21(7-4-2)14-16-24/h13-19,22-23H,3-12,20H2,1-2H3. The zero-order chi connectivity index (χ0) is 20.5. The Morgan fingerprint density at radius 1 is 0.862 bits per heavy atom. The molecule has 2 aromatic rings. The van der Waals surface area contributed by atoms with Crippen LogP contribution in [0.25, 0.3) is 11.1 Å². The lowest BCUT2D eigenvalue weighted by Crippen LogP contribution is -2.20. The Hall–Kier alpha value is -1.83. The van der Waals surface area contributed by atoms with Crippen LogP contribution in [0.5, 0.6) is 5.75 Å². The molecule has 3 rings (SSSR count). The lowest BCUT2D eigenvalue weighted by Gasteiger charge is -2.28. The van der Waals surface area contributed by atoms with Gasteiger partial charge in [-0.25, -0.2) is 4.39 Å². The number of hydrogen-bond acceptors (Lipinski definition) is 1. The fourth-order valence-electron chi connectivity index (χ4n) is 4.54. The fourth-order valence-corrected chi connectivity index (χ4v) is 4.54. The van der Waals surface area contributed by atoms with Crippen LogP contribution in [-0.4, -0.2) is 6.61 Å². The maximum atomic E-state index is 14.7. The summed E-state index contributed by atoms with van der Waals surface area (Å²) in [6.07, 6.45) is 12.8. The monoisotopic (exact) mass is 396 g/mol. The molecule has 2 aromatic carbocycles. The van der Waals surface area contributed by atoms with E-state index in [0.717, 1.165) is 24.3 Å². The quantitative estimate of drug-likeness (QED) is 0.368. The Bertz CT molecular complexity index is 729. The van der Waals surface area contributed by atoms with E-state index in [4.69, 9.17) is 4.74 Å². The highest BCUT2D eigenvalue weighted by molar-refractivity contribution is 5.65. The van der Waals surface area contributed by atoms with E-state index in [1.807, 2.05) is 24.3 Å². The van der Waals surface area contributed by atoms with Gasteiger partial charge < -0.3 is 4.74 Å². The fraction of sp³-hybridized carbons (Fsp3) is 0.556. The molecule has 0 radical (unpaired) electrons. The summed E-state index contributed by atoms with van der Waals surface area (Å²) in [4.78, 5) is 0. The van der Waals surface area contributed by atoms with E-state index in [1.165, 1.54) is 56.9 Å². The molecule has 2 heteroatoms. The normalized spacial score (nSPS) is 19.3. The molecule has 29 heavy (non-hydrogen) atoms. The predicted octanol–water partition coefficient (Wildman–Crippen LogP) is 8.21.